The van der Waals surface area contributed by atoms with E-state index in [0.29, 0.717) is 82.6 Å². The number of aryl methyl sites for hydroxylation is 1. The Labute approximate surface area is 205 Å². The van der Waals surface area contributed by atoms with Crippen LogP contribution < -0.4 is 4.74 Å². The van der Waals surface area contributed by atoms with E-state index in [1.165, 1.54) is 0 Å². The van der Waals surface area contributed by atoms with Gasteiger partial charge in [0.1, 0.15) is 18.1 Å². The minimum atomic E-state index is -0.335. The normalized spacial score (nSPS) is 18.1. The van der Waals surface area contributed by atoms with Crippen molar-refractivity contribution in [3.63, 3.8) is 0 Å². The van der Waals surface area contributed by atoms with Crippen LogP contribution in [0.25, 0.3) is 0 Å². The molecule has 2 saturated heterocycles. The number of likely N-dealkylation sites (tertiary alicyclic amines) is 1. The van der Waals surface area contributed by atoms with Crippen LogP contribution in [0.1, 0.15) is 32.0 Å². The zero-order valence-electron chi connectivity index (χ0n) is 19.7. The van der Waals surface area contributed by atoms with E-state index >= 15 is 0 Å². The molecule has 8 nitrogen and oxygen atoms in total. The van der Waals surface area contributed by atoms with E-state index < -0.39 is 0 Å². The summed E-state index contributed by atoms with van der Waals surface area (Å²) in [5, 5.41) is 0.613. The molecule has 0 radical (unpaired) electrons. The van der Waals surface area contributed by atoms with Gasteiger partial charge >= 0.3 is 0 Å². The fourth-order valence-electron chi connectivity index (χ4n) is 4.69. The first-order valence-electron chi connectivity index (χ1n) is 12.0. The molecule has 0 atom stereocenters. The van der Waals surface area contributed by atoms with Crippen molar-refractivity contribution in [2.45, 2.75) is 39.2 Å². The molecule has 184 valence electrons. The first-order chi connectivity index (χ1) is 16.5. The Morgan fingerprint density at radius 1 is 1.12 bits per heavy atom. The Bertz CT molecular complexity index is 981. The molecule has 2 fully saturated rings. The zero-order valence-corrected chi connectivity index (χ0v) is 20.5. The van der Waals surface area contributed by atoms with Crippen LogP contribution in [0.2, 0.25) is 5.02 Å². The van der Waals surface area contributed by atoms with Gasteiger partial charge in [0.2, 0.25) is 11.8 Å². The predicted molar refractivity (Wildman–Crippen MR) is 129 cm³/mol. The van der Waals surface area contributed by atoms with E-state index in [1.54, 1.807) is 18.3 Å². The molecule has 0 saturated carbocycles. The number of aromatic nitrogens is 2. The van der Waals surface area contributed by atoms with E-state index in [4.69, 9.17) is 21.1 Å². The molecule has 1 aromatic carbocycles. The highest BCUT2D eigenvalue weighted by Crippen LogP contribution is 2.37. The van der Waals surface area contributed by atoms with Gasteiger partial charge in [0.05, 0.1) is 19.8 Å². The summed E-state index contributed by atoms with van der Waals surface area (Å²) in [5.74, 6) is 1.81. The smallest absolute Gasteiger partial charge is 0.242 e. The minimum absolute atomic E-state index is 0.0802. The van der Waals surface area contributed by atoms with Crippen molar-refractivity contribution >= 4 is 23.4 Å². The second-order valence-corrected chi connectivity index (χ2v) is 9.56. The van der Waals surface area contributed by atoms with Gasteiger partial charge in [-0.1, -0.05) is 24.6 Å². The Hall–Kier alpha value is -2.58. The third-order valence-corrected chi connectivity index (χ3v) is 7.07. The van der Waals surface area contributed by atoms with Crippen LogP contribution in [-0.4, -0.2) is 77.2 Å². The maximum Gasteiger partial charge on any atom is 0.242 e. The standard InChI is InChI=1S/C25H33ClN4O4/c1-2-22-27-8-11-30(22)18-24(32)28-9-6-25(7-10-28,17-23(31)29-12-14-33-15-13-29)19-34-21-5-3-4-20(26)16-21/h3-5,8,11,16H,2,6-7,9-10,12-15,17-19H2,1H3. The number of piperidine rings is 1. The summed E-state index contributed by atoms with van der Waals surface area (Å²) in [5.41, 5.74) is -0.335. The summed E-state index contributed by atoms with van der Waals surface area (Å²) in [4.78, 5) is 34.2. The molecule has 34 heavy (non-hydrogen) atoms. The number of carbonyl (C=O) groups excluding carboxylic acids is 2. The number of halogens is 1. The number of hydrogen-bond donors (Lipinski definition) is 0. The van der Waals surface area contributed by atoms with Crippen molar-refractivity contribution in [1.29, 1.82) is 0 Å². The van der Waals surface area contributed by atoms with Crippen LogP contribution >= 0.6 is 11.6 Å². The van der Waals surface area contributed by atoms with E-state index in [2.05, 4.69) is 4.98 Å². The number of morpholine rings is 1. The van der Waals surface area contributed by atoms with Crippen LogP contribution in [0.3, 0.4) is 0 Å². The fourth-order valence-corrected chi connectivity index (χ4v) is 4.87. The molecule has 0 bridgehead atoms. The van der Waals surface area contributed by atoms with Crippen molar-refractivity contribution in [3.05, 3.63) is 47.5 Å². The van der Waals surface area contributed by atoms with Crippen LogP contribution in [0.15, 0.2) is 36.7 Å². The Kier molecular flexibility index (Phi) is 8.11. The summed E-state index contributed by atoms with van der Waals surface area (Å²) in [6.07, 6.45) is 6.19. The molecule has 1 aromatic heterocycles. The number of benzene rings is 1. The molecular formula is C25H33ClN4O4. The number of nitrogens with zero attached hydrogens (tertiary/aromatic N) is 4. The average molecular weight is 489 g/mol. The van der Waals surface area contributed by atoms with Gasteiger partial charge in [-0.15, -0.1) is 0 Å². The van der Waals surface area contributed by atoms with Gasteiger partial charge in [0.25, 0.3) is 0 Å². The van der Waals surface area contributed by atoms with Gasteiger partial charge < -0.3 is 23.8 Å². The first kappa shape index (κ1) is 24.5. The molecule has 4 rings (SSSR count). The minimum Gasteiger partial charge on any atom is -0.493 e. The van der Waals surface area contributed by atoms with Gasteiger partial charge in [-0.05, 0) is 31.0 Å². The summed E-state index contributed by atoms with van der Waals surface area (Å²) < 4.78 is 13.4. The largest absolute Gasteiger partial charge is 0.493 e. The summed E-state index contributed by atoms with van der Waals surface area (Å²) >= 11 is 6.12. The molecule has 9 heteroatoms. The van der Waals surface area contributed by atoms with Crippen LogP contribution in [0, 0.1) is 5.41 Å². The van der Waals surface area contributed by atoms with Crippen molar-refractivity contribution in [3.8, 4) is 5.75 Å². The second kappa shape index (κ2) is 11.2. The Balaban J connectivity index is 1.41. The lowest BCUT2D eigenvalue weighted by molar-refractivity contribution is -0.141. The number of amides is 2. The second-order valence-electron chi connectivity index (χ2n) is 9.12. The van der Waals surface area contributed by atoms with Crippen molar-refractivity contribution in [2.24, 2.45) is 5.41 Å². The third kappa shape index (κ3) is 6.10. The molecule has 3 heterocycles. The highest BCUT2D eigenvalue weighted by atomic mass is 35.5. The van der Waals surface area contributed by atoms with Gasteiger partial charge in [-0.2, -0.15) is 0 Å². The Morgan fingerprint density at radius 3 is 2.56 bits per heavy atom. The lowest BCUT2D eigenvalue weighted by Crippen LogP contribution is -2.49. The summed E-state index contributed by atoms with van der Waals surface area (Å²) in [7, 11) is 0. The van der Waals surface area contributed by atoms with Crippen LogP contribution in [-0.2, 0) is 27.3 Å². The van der Waals surface area contributed by atoms with Crippen LogP contribution in [0.4, 0.5) is 0 Å². The fraction of sp³-hybridized carbons (Fsp3) is 0.560. The molecule has 0 N–H and O–H groups in total. The third-order valence-electron chi connectivity index (χ3n) is 6.83. The van der Waals surface area contributed by atoms with E-state index in [0.717, 1.165) is 12.2 Å². The number of ether oxygens (including phenoxy) is 2. The Morgan fingerprint density at radius 2 is 1.85 bits per heavy atom. The lowest BCUT2D eigenvalue weighted by Gasteiger charge is -2.42. The summed E-state index contributed by atoms with van der Waals surface area (Å²) in [6.45, 7) is 6.34. The number of hydrogen-bond acceptors (Lipinski definition) is 5. The van der Waals surface area contributed by atoms with Gasteiger partial charge in [-0.25, -0.2) is 4.98 Å². The molecule has 2 aliphatic heterocycles. The topological polar surface area (TPSA) is 76.9 Å². The highest BCUT2D eigenvalue weighted by molar-refractivity contribution is 6.30. The highest BCUT2D eigenvalue weighted by Gasteiger charge is 2.40. The molecule has 2 aromatic rings. The molecule has 2 aliphatic rings. The predicted octanol–water partition coefficient (Wildman–Crippen LogP) is 3.04. The lowest BCUT2D eigenvalue weighted by atomic mass is 9.75. The molecule has 2 amide bonds. The maximum absolute atomic E-state index is 13.1. The van der Waals surface area contributed by atoms with Crippen molar-refractivity contribution < 1.29 is 19.1 Å². The number of rotatable bonds is 8. The molecular weight excluding hydrogens is 456 g/mol. The quantitative estimate of drug-likeness (QED) is 0.571. The summed E-state index contributed by atoms with van der Waals surface area (Å²) in [6, 6.07) is 7.32. The van der Waals surface area contributed by atoms with E-state index in [9.17, 15) is 9.59 Å². The average Bonchev–Trinajstić information content (AvgIpc) is 3.31. The van der Waals surface area contributed by atoms with Crippen molar-refractivity contribution in [2.75, 3.05) is 46.0 Å². The van der Waals surface area contributed by atoms with Gasteiger partial charge in [0, 0.05) is 61.9 Å². The first-order valence-corrected chi connectivity index (χ1v) is 12.4. The number of carbonyl (C=O) groups is 2. The monoisotopic (exact) mass is 488 g/mol. The van der Waals surface area contributed by atoms with E-state index in [-0.39, 0.29) is 17.2 Å². The maximum atomic E-state index is 13.1. The zero-order chi connectivity index (χ0) is 24.0. The molecule has 0 unspecified atom stereocenters. The number of imidazole rings is 1. The van der Waals surface area contributed by atoms with E-state index in [1.807, 2.05) is 39.6 Å². The SMILES string of the molecule is CCc1nccn1CC(=O)N1CCC(COc2cccc(Cl)c2)(CC(=O)N2CCOCC2)CC1. The molecule has 0 aliphatic carbocycles. The van der Waals surface area contributed by atoms with Gasteiger partial charge in [0.15, 0.2) is 0 Å². The van der Waals surface area contributed by atoms with Gasteiger partial charge in [-0.3, -0.25) is 9.59 Å². The van der Waals surface area contributed by atoms with Crippen molar-refractivity contribution in [1.82, 2.24) is 19.4 Å². The van der Waals surface area contributed by atoms with Crippen LogP contribution in [0.5, 0.6) is 5.75 Å². The molecule has 0 spiro atoms.